The Morgan fingerprint density at radius 3 is 2.63 bits per heavy atom. The van der Waals surface area contributed by atoms with E-state index in [9.17, 15) is 9.59 Å². The van der Waals surface area contributed by atoms with Gasteiger partial charge in [-0.1, -0.05) is 44.2 Å². The van der Waals surface area contributed by atoms with Gasteiger partial charge in [0.1, 0.15) is 6.04 Å². The Morgan fingerprint density at radius 2 is 2.05 bits per heavy atom. The molecule has 1 aromatic rings. The van der Waals surface area contributed by atoms with Crippen molar-refractivity contribution in [1.29, 1.82) is 0 Å². The second kappa shape index (κ2) is 5.43. The lowest BCUT2D eigenvalue weighted by atomic mass is 9.84. The molecule has 102 valence electrons. The van der Waals surface area contributed by atoms with Gasteiger partial charge in [0, 0.05) is 18.4 Å². The number of carbonyl (C=O) groups excluding carboxylic acids is 2. The lowest BCUT2D eigenvalue weighted by molar-refractivity contribution is -0.125. The molecule has 1 atom stereocenters. The van der Waals surface area contributed by atoms with Crippen LogP contribution in [0.4, 0.5) is 0 Å². The summed E-state index contributed by atoms with van der Waals surface area (Å²) in [7, 11) is 0. The van der Waals surface area contributed by atoms with Crippen LogP contribution in [0.2, 0.25) is 0 Å². The van der Waals surface area contributed by atoms with E-state index in [1.807, 2.05) is 18.2 Å². The highest BCUT2D eigenvalue weighted by Crippen LogP contribution is 2.21. The summed E-state index contributed by atoms with van der Waals surface area (Å²) in [5, 5.41) is 5.61. The van der Waals surface area contributed by atoms with Crippen LogP contribution >= 0.6 is 0 Å². The fourth-order valence-corrected chi connectivity index (χ4v) is 2.23. The Hall–Kier alpha value is -1.84. The molecule has 1 fully saturated rings. The Labute approximate surface area is 113 Å². The highest BCUT2D eigenvalue weighted by Gasteiger charge is 2.28. The third-order valence-electron chi connectivity index (χ3n) is 3.57. The van der Waals surface area contributed by atoms with Crippen molar-refractivity contribution in [2.75, 3.05) is 6.54 Å². The molecule has 0 aliphatic carbocycles. The van der Waals surface area contributed by atoms with Gasteiger partial charge in [-0.05, 0) is 12.0 Å². The molecule has 1 heterocycles. The van der Waals surface area contributed by atoms with Crippen molar-refractivity contribution in [3.63, 3.8) is 0 Å². The summed E-state index contributed by atoms with van der Waals surface area (Å²) >= 11 is 0. The molecule has 1 aliphatic rings. The number of rotatable bonds is 4. The van der Waals surface area contributed by atoms with E-state index in [1.54, 1.807) is 0 Å². The van der Waals surface area contributed by atoms with E-state index in [0.717, 1.165) is 0 Å². The van der Waals surface area contributed by atoms with Crippen LogP contribution in [0.25, 0.3) is 0 Å². The zero-order chi connectivity index (χ0) is 13.9. The van der Waals surface area contributed by atoms with Gasteiger partial charge in [-0.25, -0.2) is 0 Å². The van der Waals surface area contributed by atoms with Gasteiger partial charge in [0.25, 0.3) is 0 Å². The van der Waals surface area contributed by atoms with Crippen LogP contribution in [0, 0.1) is 0 Å². The molecule has 4 nitrogen and oxygen atoms in total. The quantitative estimate of drug-likeness (QED) is 0.858. The largest absolute Gasteiger partial charge is 0.353 e. The third-order valence-corrected chi connectivity index (χ3v) is 3.57. The van der Waals surface area contributed by atoms with Crippen LogP contribution in [-0.4, -0.2) is 24.4 Å². The lowest BCUT2D eigenvalue weighted by Gasteiger charge is -2.26. The first kappa shape index (κ1) is 13.6. The normalized spacial score (nSPS) is 19.1. The fraction of sp³-hybridized carbons (Fsp3) is 0.467. The number of hydrogen-bond donors (Lipinski definition) is 2. The van der Waals surface area contributed by atoms with Gasteiger partial charge >= 0.3 is 0 Å². The molecule has 2 amide bonds. The Bertz CT molecular complexity index is 468. The minimum absolute atomic E-state index is 0.0394. The monoisotopic (exact) mass is 260 g/mol. The van der Waals surface area contributed by atoms with Gasteiger partial charge in [0.15, 0.2) is 0 Å². The van der Waals surface area contributed by atoms with Crippen LogP contribution in [0.5, 0.6) is 0 Å². The molecule has 1 aliphatic heterocycles. The van der Waals surface area contributed by atoms with Gasteiger partial charge in [0.2, 0.25) is 11.8 Å². The molecule has 1 saturated heterocycles. The SMILES string of the molecule is CC(C)(CNC(=O)[C@H]1CCC(=O)N1)c1ccccc1. The standard InChI is InChI=1S/C15H20N2O2/c1-15(2,11-6-4-3-5-7-11)10-16-14(19)12-8-9-13(18)17-12/h3-7,12H,8-10H2,1-2H3,(H,16,19)(H,17,18)/t12-/m1/s1. The molecule has 0 unspecified atom stereocenters. The molecule has 1 aromatic carbocycles. The first-order chi connectivity index (χ1) is 8.99. The minimum atomic E-state index is -0.362. The highest BCUT2D eigenvalue weighted by atomic mass is 16.2. The first-order valence-corrected chi connectivity index (χ1v) is 6.62. The van der Waals surface area contributed by atoms with Crippen LogP contribution in [-0.2, 0) is 15.0 Å². The number of carbonyl (C=O) groups is 2. The highest BCUT2D eigenvalue weighted by molar-refractivity contribution is 5.90. The van der Waals surface area contributed by atoms with E-state index in [-0.39, 0.29) is 23.3 Å². The smallest absolute Gasteiger partial charge is 0.242 e. The fourth-order valence-electron chi connectivity index (χ4n) is 2.23. The van der Waals surface area contributed by atoms with Crippen molar-refractivity contribution in [3.05, 3.63) is 35.9 Å². The average Bonchev–Trinajstić information content (AvgIpc) is 2.84. The summed E-state index contributed by atoms with van der Waals surface area (Å²) in [6, 6.07) is 9.73. The summed E-state index contributed by atoms with van der Waals surface area (Å²) < 4.78 is 0. The van der Waals surface area contributed by atoms with Gasteiger partial charge in [-0.2, -0.15) is 0 Å². The van der Waals surface area contributed by atoms with E-state index < -0.39 is 0 Å². The average molecular weight is 260 g/mol. The second-order valence-corrected chi connectivity index (χ2v) is 5.63. The van der Waals surface area contributed by atoms with Gasteiger partial charge in [-0.3, -0.25) is 9.59 Å². The van der Waals surface area contributed by atoms with E-state index in [1.165, 1.54) is 5.56 Å². The van der Waals surface area contributed by atoms with Crippen molar-refractivity contribution >= 4 is 11.8 Å². The van der Waals surface area contributed by atoms with Gasteiger partial charge < -0.3 is 10.6 Å². The van der Waals surface area contributed by atoms with E-state index >= 15 is 0 Å². The van der Waals surface area contributed by atoms with E-state index in [4.69, 9.17) is 0 Å². The molecule has 2 N–H and O–H groups in total. The molecule has 0 bridgehead atoms. The maximum Gasteiger partial charge on any atom is 0.242 e. The zero-order valence-corrected chi connectivity index (χ0v) is 11.4. The summed E-state index contributed by atoms with van der Waals surface area (Å²) in [6.07, 6.45) is 1.04. The molecule has 0 aromatic heterocycles. The van der Waals surface area contributed by atoms with Crippen LogP contribution in [0.1, 0.15) is 32.3 Å². The minimum Gasteiger partial charge on any atom is -0.353 e. The molecule has 19 heavy (non-hydrogen) atoms. The van der Waals surface area contributed by atoms with Crippen LogP contribution in [0.15, 0.2) is 30.3 Å². The number of hydrogen-bond acceptors (Lipinski definition) is 2. The number of nitrogens with one attached hydrogen (secondary N) is 2. The van der Waals surface area contributed by atoms with Crippen molar-refractivity contribution in [1.82, 2.24) is 10.6 Å². The van der Waals surface area contributed by atoms with E-state index in [2.05, 4.69) is 36.6 Å². The Morgan fingerprint density at radius 1 is 1.37 bits per heavy atom. The van der Waals surface area contributed by atoms with E-state index in [0.29, 0.717) is 19.4 Å². The summed E-state index contributed by atoms with van der Waals surface area (Å²) in [5.41, 5.74) is 1.06. The molecular formula is C15H20N2O2. The van der Waals surface area contributed by atoms with Gasteiger partial charge in [-0.15, -0.1) is 0 Å². The molecule has 0 radical (unpaired) electrons. The van der Waals surface area contributed by atoms with Crippen LogP contribution in [0.3, 0.4) is 0 Å². The molecule has 0 spiro atoms. The van der Waals surface area contributed by atoms with Crippen molar-refractivity contribution in [2.24, 2.45) is 0 Å². The number of amides is 2. The first-order valence-electron chi connectivity index (χ1n) is 6.62. The lowest BCUT2D eigenvalue weighted by Crippen LogP contribution is -2.45. The van der Waals surface area contributed by atoms with Crippen molar-refractivity contribution in [3.8, 4) is 0 Å². The van der Waals surface area contributed by atoms with Crippen molar-refractivity contribution < 1.29 is 9.59 Å². The third kappa shape index (κ3) is 3.34. The van der Waals surface area contributed by atoms with Gasteiger partial charge in [0.05, 0.1) is 0 Å². The summed E-state index contributed by atoms with van der Waals surface area (Å²) in [6.45, 7) is 4.74. The summed E-state index contributed by atoms with van der Waals surface area (Å²) in [5.74, 6) is -0.127. The Balaban J connectivity index is 1.91. The molecule has 2 rings (SSSR count). The number of benzene rings is 1. The van der Waals surface area contributed by atoms with Crippen LogP contribution < -0.4 is 10.6 Å². The molecule has 0 saturated carbocycles. The zero-order valence-electron chi connectivity index (χ0n) is 11.4. The predicted octanol–water partition coefficient (Wildman–Crippen LogP) is 1.36. The van der Waals surface area contributed by atoms with Crippen molar-refractivity contribution in [2.45, 2.75) is 38.1 Å². The second-order valence-electron chi connectivity index (χ2n) is 5.63. The Kier molecular flexibility index (Phi) is 3.88. The summed E-state index contributed by atoms with van der Waals surface area (Å²) in [4.78, 5) is 23.0. The molecule has 4 heteroatoms. The molecular weight excluding hydrogens is 240 g/mol. The maximum atomic E-state index is 11.9. The topological polar surface area (TPSA) is 58.2 Å². The maximum absolute atomic E-state index is 11.9. The predicted molar refractivity (Wildman–Crippen MR) is 73.6 cm³/mol.